The van der Waals surface area contributed by atoms with Crippen molar-refractivity contribution in [3.05, 3.63) is 126 Å². The normalized spacial score (nSPS) is 14.3. The van der Waals surface area contributed by atoms with Crippen LogP contribution in [0.1, 0.15) is 56.7 Å². The monoisotopic (exact) mass is 674 g/mol. The van der Waals surface area contributed by atoms with Crippen molar-refractivity contribution < 1.29 is 22.7 Å². The highest BCUT2D eigenvalue weighted by molar-refractivity contribution is 5.86. The van der Waals surface area contributed by atoms with Crippen LogP contribution in [0.2, 0.25) is 0 Å². The molecular formula is C41H37F3N4O2. The molecule has 7 rings (SSSR count). The Morgan fingerprint density at radius 1 is 0.780 bits per heavy atom. The Labute approximate surface area is 289 Å². The number of hydrogen-bond acceptors (Lipinski definition) is 4. The summed E-state index contributed by atoms with van der Waals surface area (Å²) < 4.78 is 49.5. The van der Waals surface area contributed by atoms with Gasteiger partial charge < -0.3 is 10.1 Å². The molecule has 1 amide bonds. The number of amides is 1. The summed E-state index contributed by atoms with van der Waals surface area (Å²) in [5.74, 6) is 0.356. The third-order valence-electron chi connectivity index (χ3n) is 9.09. The van der Waals surface area contributed by atoms with Crippen LogP contribution >= 0.6 is 0 Å². The predicted molar refractivity (Wildman–Crippen MR) is 189 cm³/mol. The highest BCUT2D eigenvalue weighted by atomic mass is 19.4. The molecule has 1 aliphatic rings. The lowest BCUT2D eigenvalue weighted by molar-refractivity contribution is -0.137. The van der Waals surface area contributed by atoms with Gasteiger partial charge in [0.25, 0.3) is 0 Å². The molecule has 1 N–H and O–H groups in total. The van der Waals surface area contributed by atoms with Gasteiger partial charge >= 0.3 is 12.3 Å². The number of nitrogens with zero attached hydrogens (tertiary/aromatic N) is 3. The van der Waals surface area contributed by atoms with Gasteiger partial charge in [-0.25, -0.2) is 14.8 Å². The average molecular weight is 675 g/mol. The molecular weight excluding hydrogens is 637 g/mol. The predicted octanol–water partition coefficient (Wildman–Crippen LogP) is 10.6. The largest absolute Gasteiger partial charge is 0.444 e. The van der Waals surface area contributed by atoms with Gasteiger partial charge in [0.2, 0.25) is 5.78 Å². The Balaban J connectivity index is 1.39. The number of carbonyl (C=O) groups excluding carboxylic acids is 1. The summed E-state index contributed by atoms with van der Waals surface area (Å²) in [6.45, 7) is 7.19. The summed E-state index contributed by atoms with van der Waals surface area (Å²) in [6.07, 6.45) is -0.437. The van der Waals surface area contributed by atoms with Crippen molar-refractivity contribution >= 4 is 11.9 Å². The zero-order valence-corrected chi connectivity index (χ0v) is 28.3. The third kappa shape index (κ3) is 6.47. The van der Waals surface area contributed by atoms with E-state index < -0.39 is 29.0 Å². The number of hydrogen-bond donors (Lipinski definition) is 1. The molecule has 0 bridgehead atoms. The topological polar surface area (TPSA) is 68.5 Å². The number of ether oxygens (including phenoxy) is 1. The minimum atomic E-state index is -4.51. The van der Waals surface area contributed by atoms with E-state index in [1.807, 2.05) is 112 Å². The number of benzene rings is 4. The molecule has 0 aliphatic heterocycles. The van der Waals surface area contributed by atoms with Crippen LogP contribution in [-0.4, -0.2) is 26.1 Å². The Morgan fingerprint density at radius 2 is 1.38 bits per heavy atom. The molecule has 0 saturated heterocycles. The highest BCUT2D eigenvalue weighted by Gasteiger charge is 2.41. The summed E-state index contributed by atoms with van der Waals surface area (Å²) in [5.41, 5.74) is 5.03. The van der Waals surface area contributed by atoms with Crippen LogP contribution in [0.3, 0.4) is 0 Å². The van der Waals surface area contributed by atoms with E-state index in [-0.39, 0.29) is 0 Å². The maximum atomic E-state index is 14.0. The van der Waals surface area contributed by atoms with Crippen LogP contribution in [0.5, 0.6) is 0 Å². The van der Waals surface area contributed by atoms with Crippen LogP contribution in [-0.2, 0) is 16.5 Å². The van der Waals surface area contributed by atoms with Crippen LogP contribution < -0.4 is 5.32 Å². The molecule has 50 heavy (non-hydrogen) atoms. The zero-order chi connectivity index (χ0) is 35.3. The Morgan fingerprint density at radius 3 is 1.96 bits per heavy atom. The number of carbonyl (C=O) groups is 1. The molecule has 1 saturated carbocycles. The molecule has 2 heterocycles. The fraction of sp³-hybridized carbons (Fsp3) is 0.244. The van der Waals surface area contributed by atoms with E-state index in [0.29, 0.717) is 34.0 Å². The summed E-state index contributed by atoms with van der Waals surface area (Å²) in [4.78, 5) is 22.8. The lowest BCUT2D eigenvalue weighted by atomic mass is 9.71. The number of nitrogens with one attached hydrogen (secondary N) is 1. The SMILES string of the molecule is Cc1cc(-c2c(-c3ccccc3)nc3nc(-c4ccc(C5(NC(=O)OC(C)(C)C)CCC5)cc4)c(-c4ccccc4)cn23)cc(C(F)(F)F)c1. The first-order valence-electron chi connectivity index (χ1n) is 16.6. The van der Waals surface area contributed by atoms with Crippen LogP contribution in [0.15, 0.2) is 109 Å². The van der Waals surface area contributed by atoms with Crippen LogP contribution in [0.4, 0.5) is 18.0 Å². The van der Waals surface area contributed by atoms with E-state index >= 15 is 0 Å². The van der Waals surface area contributed by atoms with E-state index in [1.165, 1.54) is 6.07 Å². The van der Waals surface area contributed by atoms with Gasteiger partial charge in [0.1, 0.15) is 5.60 Å². The van der Waals surface area contributed by atoms with Gasteiger partial charge in [-0.3, -0.25) is 4.40 Å². The second-order valence-electron chi connectivity index (χ2n) is 13.9. The molecule has 0 atom stereocenters. The molecule has 4 aromatic carbocycles. The number of alkyl carbamates (subject to hydrolysis) is 1. The van der Waals surface area contributed by atoms with Crippen molar-refractivity contribution in [2.45, 2.75) is 64.3 Å². The standard InChI is InChI=1S/C41H37F3N4O2/c1-26-22-30(24-32(23-26)41(42,43)44)36-35(28-14-9-6-10-15-28)46-37-45-34(33(25-48(36)37)27-12-7-5-8-13-27)29-16-18-31(19-17-29)40(20-11-21-40)47-38(49)50-39(2,3)4/h5-10,12-19,22-25H,11,20-21H2,1-4H3,(H,47,49). The highest BCUT2D eigenvalue weighted by Crippen LogP contribution is 2.43. The second-order valence-corrected chi connectivity index (χ2v) is 13.9. The van der Waals surface area contributed by atoms with Gasteiger partial charge in [0.15, 0.2) is 0 Å². The Bertz CT molecular complexity index is 2180. The number of fused-ring (bicyclic) bond motifs is 1. The summed E-state index contributed by atoms with van der Waals surface area (Å²) in [6, 6.07) is 31.3. The first kappa shape index (κ1) is 33.1. The molecule has 6 aromatic rings. The number of aromatic nitrogens is 3. The molecule has 1 fully saturated rings. The van der Waals surface area contributed by atoms with Crippen molar-refractivity contribution in [1.29, 1.82) is 0 Å². The lowest BCUT2D eigenvalue weighted by Gasteiger charge is -2.43. The van der Waals surface area contributed by atoms with Gasteiger partial charge in [-0.05, 0) is 81.8 Å². The number of halogens is 3. The number of rotatable bonds is 6. The molecule has 6 nitrogen and oxygen atoms in total. The summed E-state index contributed by atoms with van der Waals surface area (Å²) in [7, 11) is 0. The van der Waals surface area contributed by atoms with Crippen molar-refractivity contribution in [2.75, 3.05) is 0 Å². The minimum Gasteiger partial charge on any atom is -0.444 e. The molecule has 254 valence electrons. The molecule has 0 radical (unpaired) electrons. The second kappa shape index (κ2) is 12.5. The van der Waals surface area contributed by atoms with Crippen molar-refractivity contribution in [1.82, 2.24) is 19.7 Å². The van der Waals surface area contributed by atoms with E-state index in [1.54, 1.807) is 17.4 Å². The maximum absolute atomic E-state index is 14.0. The fourth-order valence-electron chi connectivity index (χ4n) is 6.64. The minimum absolute atomic E-state index is 0.356. The first-order chi connectivity index (χ1) is 23.8. The van der Waals surface area contributed by atoms with E-state index in [9.17, 15) is 18.0 Å². The maximum Gasteiger partial charge on any atom is 0.416 e. The van der Waals surface area contributed by atoms with Gasteiger partial charge in [0.05, 0.1) is 28.2 Å². The molecule has 1 aliphatic carbocycles. The molecule has 0 unspecified atom stereocenters. The Kier molecular flexibility index (Phi) is 8.25. The van der Waals surface area contributed by atoms with Gasteiger partial charge in [0, 0.05) is 28.5 Å². The van der Waals surface area contributed by atoms with Crippen molar-refractivity contribution in [2.24, 2.45) is 0 Å². The number of alkyl halides is 3. The van der Waals surface area contributed by atoms with Gasteiger partial charge in [-0.2, -0.15) is 13.2 Å². The molecule has 9 heteroatoms. The fourth-order valence-corrected chi connectivity index (χ4v) is 6.64. The quantitative estimate of drug-likeness (QED) is 0.191. The van der Waals surface area contributed by atoms with Crippen molar-refractivity contribution in [3.8, 4) is 44.9 Å². The summed E-state index contributed by atoms with van der Waals surface area (Å²) in [5, 5.41) is 3.12. The van der Waals surface area contributed by atoms with Crippen LogP contribution in [0, 0.1) is 6.92 Å². The lowest BCUT2D eigenvalue weighted by Crippen LogP contribution is -2.52. The van der Waals surface area contributed by atoms with E-state index in [4.69, 9.17) is 14.7 Å². The first-order valence-corrected chi connectivity index (χ1v) is 16.6. The molecule has 0 spiro atoms. The third-order valence-corrected chi connectivity index (χ3v) is 9.09. The van der Waals surface area contributed by atoms with E-state index in [2.05, 4.69) is 5.32 Å². The smallest absolute Gasteiger partial charge is 0.416 e. The average Bonchev–Trinajstić information content (AvgIpc) is 3.44. The van der Waals surface area contributed by atoms with Gasteiger partial charge in [-0.1, -0.05) is 84.9 Å². The van der Waals surface area contributed by atoms with Crippen molar-refractivity contribution in [3.63, 3.8) is 0 Å². The summed E-state index contributed by atoms with van der Waals surface area (Å²) >= 11 is 0. The number of imidazole rings is 1. The number of aryl methyl sites for hydroxylation is 1. The zero-order valence-electron chi connectivity index (χ0n) is 28.3. The molecule has 2 aromatic heterocycles. The Hall–Kier alpha value is -5.44. The van der Waals surface area contributed by atoms with E-state index in [0.717, 1.165) is 53.1 Å². The van der Waals surface area contributed by atoms with Gasteiger partial charge in [-0.15, -0.1) is 0 Å². The van der Waals surface area contributed by atoms with Crippen LogP contribution in [0.25, 0.3) is 50.7 Å².